The number of hydrogen-bond acceptors (Lipinski definition) is 6. The zero-order valence-electron chi connectivity index (χ0n) is 24.7. The van der Waals surface area contributed by atoms with Crippen LogP contribution in [0.1, 0.15) is 87.5 Å². The molecule has 2 fully saturated rings. The Morgan fingerprint density at radius 2 is 1.73 bits per heavy atom. The van der Waals surface area contributed by atoms with Crippen molar-refractivity contribution in [2.75, 3.05) is 24.5 Å². The molecule has 0 spiro atoms. The number of unbranched alkanes of at least 4 members (excludes halogenated alkanes) is 5. The van der Waals surface area contributed by atoms with Crippen molar-refractivity contribution in [3.63, 3.8) is 0 Å². The van der Waals surface area contributed by atoms with Crippen LogP contribution in [-0.4, -0.2) is 39.3 Å². The highest BCUT2D eigenvalue weighted by Gasteiger charge is 2.33. The summed E-state index contributed by atoms with van der Waals surface area (Å²) in [7, 11) is 0. The van der Waals surface area contributed by atoms with E-state index in [1.54, 1.807) is 9.47 Å². The molecule has 2 aromatic rings. The second kappa shape index (κ2) is 14.8. The largest absolute Gasteiger partial charge is 0.357 e. The number of amides is 1. The van der Waals surface area contributed by atoms with E-state index in [1.807, 2.05) is 26.0 Å². The van der Waals surface area contributed by atoms with Crippen molar-refractivity contribution in [1.29, 1.82) is 5.26 Å². The fourth-order valence-corrected chi connectivity index (χ4v) is 7.24. The normalized spacial score (nSPS) is 17.1. The molecule has 41 heavy (non-hydrogen) atoms. The van der Waals surface area contributed by atoms with E-state index in [-0.39, 0.29) is 17.0 Å². The molecule has 4 rings (SSSR count). The number of anilines is 1. The number of pyridine rings is 1. The number of thioether (sulfide) groups is 1. The van der Waals surface area contributed by atoms with Gasteiger partial charge in [0.1, 0.15) is 21.8 Å². The van der Waals surface area contributed by atoms with Crippen LogP contribution in [-0.2, 0) is 17.8 Å². The molecule has 0 unspecified atom stereocenters. The molecule has 2 aliphatic heterocycles. The minimum Gasteiger partial charge on any atom is -0.357 e. The van der Waals surface area contributed by atoms with Crippen molar-refractivity contribution in [1.82, 2.24) is 9.47 Å². The van der Waals surface area contributed by atoms with Crippen LogP contribution in [0, 0.1) is 24.2 Å². The Hall–Kier alpha value is -2.89. The predicted octanol–water partition coefficient (Wildman–Crippen LogP) is 7.07. The summed E-state index contributed by atoms with van der Waals surface area (Å²) in [6.07, 6.45) is 11.9. The number of carbonyl (C=O) groups excluding carboxylic acids is 1. The predicted molar refractivity (Wildman–Crippen MR) is 174 cm³/mol. The van der Waals surface area contributed by atoms with Gasteiger partial charge in [-0.1, -0.05) is 93.3 Å². The monoisotopic (exact) mass is 590 g/mol. The molecule has 0 aliphatic carbocycles. The number of thiocarbonyl (C=S) groups is 1. The van der Waals surface area contributed by atoms with Crippen LogP contribution >= 0.6 is 24.0 Å². The van der Waals surface area contributed by atoms with E-state index < -0.39 is 0 Å². The molecule has 3 heterocycles. The van der Waals surface area contributed by atoms with E-state index in [0.29, 0.717) is 33.8 Å². The van der Waals surface area contributed by atoms with Crippen molar-refractivity contribution in [2.45, 2.75) is 85.1 Å². The maximum Gasteiger partial charge on any atom is 0.270 e. The van der Waals surface area contributed by atoms with Gasteiger partial charge in [-0.15, -0.1) is 0 Å². The highest BCUT2D eigenvalue weighted by atomic mass is 32.2. The van der Waals surface area contributed by atoms with E-state index >= 15 is 0 Å². The van der Waals surface area contributed by atoms with Crippen molar-refractivity contribution in [3.8, 4) is 6.07 Å². The van der Waals surface area contributed by atoms with Crippen LogP contribution in [0.4, 0.5) is 5.82 Å². The summed E-state index contributed by atoms with van der Waals surface area (Å²) in [5.74, 6) is 1.32. The summed E-state index contributed by atoms with van der Waals surface area (Å²) >= 11 is 6.94. The average Bonchev–Trinajstić information content (AvgIpc) is 3.24. The fraction of sp³-hybridized carbons (Fsp3) is 0.515. The number of nitriles is 1. The zero-order chi connectivity index (χ0) is 29.4. The summed E-state index contributed by atoms with van der Waals surface area (Å²) in [6, 6.07) is 12.7. The van der Waals surface area contributed by atoms with Gasteiger partial charge in [-0.05, 0) is 62.7 Å². The van der Waals surface area contributed by atoms with Gasteiger partial charge in [0.25, 0.3) is 11.5 Å². The summed E-state index contributed by atoms with van der Waals surface area (Å²) in [4.78, 5) is 31.4. The molecule has 1 amide bonds. The Balaban J connectivity index is 1.59. The third-order valence-corrected chi connectivity index (χ3v) is 9.71. The number of nitrogens with zero attached hydrogens (tertiary/aromatic N) is 4. The first-order chi connectivity index (χ1) is 19.9. The Labute approximate surface area is 254 Å². The maximum absolute atomic E-state index is 13.5. The van der Waals surface area contributed by atoms with E-state index in [4.69, 9.17) is 12.2 Å². The highest BCUT2D eigenvalue weighted by Crippen LogP contribution is 2.37. The first-order valence-corrected chi connectivity index (χ1v) is 16.3. The third-order valence-electron chi connectivity index (χ3n) is 8.33. The van der Waals surface area contributed by atoms with Gasteiger partial charge in [0.05, 0.1) is 4.91 Å². The zero-order valence-corrected chi connectivity index (χ0v) is 26.3. The molecule has 2 aliphatic rings. The lowest BCUT2D eigenvalue weighted by Gasteiger charge is -2.36. The van der Waals surface area contributed by atoms with Gasteiger partial charge < -0.3 is 4.90 Å². The number of hydrogen-bond donors (Lipinski definition) is 0. The number of carbonyl (C=O) groups is 1. The van der Waals surface area contributed by atoms with Gasteiger partial charge in [0.15, 0.2) is 0 Å². The lowest BCUT2D eigenvalue weighted by atomic mass is 9.90. The van der Waals surface area contributed by atoms with Gasteiger partial charge in [-0.2, -0.15) is 5.26 Å². The first kappa shape index (κ1) is 31.1. The molecule has 2 saturated heterocycles. The minimum atomic E-state index is -0.262. The lowest BCUT2D eigenvalue weighted by molar-refractivity contribution is -0.122. The van der Waals surface area contributed by atoms with Crippen LogP contribution < -0.4 is 10.5 Å². The molecule has 1 aromatic carbocycles. The molecule has 0 N–H and O–H groups in total. The molecular formula is C33H42N4O2S2. The molecule has 1 aromatic heterocycles. The Morgan fingerprint density at radius 1 is 1.05 bits per heavy atom. The van der Waals surface area contributed by atoms with E-state index in [9.17, 15) is 14.9 Å². The maximum atomic E-state index is 13.5. The fourth-order valence-electron chi connectivity index (χ4n) is 5.95. The third kappa shape index (κ3) is 7.31. The van der Waals surface area contributed by atoms with Crippen LogP contribution in [0.2, 0.25) is 0 Å². The Morgan fingerprint density at radius 3 is 2.39 bits per heavy atom. The molecular weight excluding hydrogens is 549 g/mol. The summed E-state index contributed by atoms with van der Waals surface area (Å²) in [5, 5.41) is 9.89. The van der Waals surface area contributed by atoms with E-state index in [1.165, 1.54) is 43.0 Å². The van der Waals surface area contributed by atoms with Gasteiger partial charge in [-0.3, -0.25) is 19.1 Å². The molecule has 218 valence electrons. The van der Waals surface area contributed by atoms with Gasteiger partial charge in [0.2, 0.25) is 0 Å². The van der Waals surface area contributed by atoms with Crippen molar-refractivity contribution >= 4 is 46.1 Å². The molecule has 0 saturated carbocycles. The van der Waals surface area contributed by atoms with Crippen LogP contribution in [0.25, 0.3) is 6.08 Å². The number of benzene rings is 1. The first-order valence-electron chi connectivity index (χ1n) is 15.1. The number of piperidine rings is 1. The van der Waals surface area contributed by atoms with Crippen molar-refractivity contribution in [2.24, 2.45) is 5.92 Å². The average molecular weight is 591 g/mol. The van der Waals surface area contributed by atoms with Crippen LogP contribution in [0.5, 0.6) is 0 Å². The number of rotatable bonds is 12. The molecule has 8 heteroatoms. The molecule has 0 atom stereocenters. The quantitative estimate of drug-likeness (QED) is 0.150. The summed E-state index contributed by atoms with van der Waals surface area (Å²) in [6.45, 7) is 8.70. The lowest BCUT2D eigenvalue weighted by Crippen LogP contribution is -2.39. The van der Waals surface area contributed by atoms with Crippen LogP contribution in [0.15, 0.2) is 40.0 Å². The second-order valence-corrected chi connectivity index (χ2v) is 12.8. The standard InChI is InChI=1S/C33H42N4O2S2/c1-4-6-7-8-9-13-18-37-32(39)29(41-33(37)40)22-27-24(3)28(23-34)31(38)36(5-2)30(27)35-19-16-26(17-20-35)21-25-14-11-10-12-15-25/h10-12,14-15,22,26H,4-9,13,16-21H2,1-3H3/b29-22+. The van der Waals surface area contributed by atoms with Gasteiger partial charge >= 0.3 is 0 Å². The minimum absolute atomic E-state index is 0.0757. The topological polar surface area (TPSA) is 69.3 Å². The highest BCUT2D eigenvalue weighted by molar-refractivity contribution is 8.26. The SMILES string of the molecule is CCCCCCCCN1C(=O)/C(=C\c2c(C)c(C#N)c(=O)n(CC)c2N2CCC(Cc3ccccc3)CC2)SC1=S. The van der Waals surface area contributed by atoms with Crippen molar-refractivity contribution < 1.29 is 4.79 Å². The molecule has 0 bridgehead atoms. The van der Waals surface area contributed by atoms with Crippen LogP contribution in [0.3, 0.4) is 0 Å². The van der Waals surface area contributed by atoms with Gasteiger partial charge in [-0.25, -0.2) is 0 Å². The van der Waals surface area contributed by atoms with Gasteiger partial charge in [0, 0.05) is 31.7 Å². The summed E-state index contributed by atoms with van der Waals surface area (Å²) in [5.41, 5.74) is 2.65. The van der Waals surface area contributed by atoms with E-state index in [2.05, 4.69) is 42.2 Å². The number of aromatic nitrogens is 1. The van der Waals surface area contributed by atoms with E-state index in [0.717, 1.165) is 56.6 Å². The Kier molecular flexibility index (Phi) is 11.2. The molecule has 6 nitrogen and oxygen atoms in total. The second-order valence-electron chi connectivity index (χ2n) is 11.1. The summed E-state index contributed by atoms with van der Waals surface area (Å²) < 4.78 is 2.30. The molecule has 0 radical (unpaired) electrons. The smallest absolute Gasteiger partial charge is 0.270 e. The van der Waals surface area contributed by atoms with Crippen molar-refractivity contribution in [3.05, 3.63) is 67.8 Å². The Bertz CT molecular complexity index is 1370.